The summed E-state index contributed by atoms with van der Waals surface area (Å²) in [5, 5.41) is 5.70. The quantitative estimate of drug-likeness (QED) is 0.607. The molecule has 2 N–H and O–H groups in total. The van der Waals surface area contributed by atoms with Crippen LogP contribution in [0.2, 0.25) is 0 Å². The highest BCUT2D eigenvalue weighted by Gasteiger charge is 2.36. The van der Waals surface area contributed by atoms with E-state index in [0.717, 1.165) is 6.54 Å². The molecule has 0 unspecified atom stereocenters. The Hall–Kier alpha value is -0.570. The molecule has 1 fully saturated rings. The molecule has 11 heavy (non-hydrogen) atoms. The van der Waals surface area contributed by atoms with E-state index in [9.17, 15) is 4.79 Å². The van der Waals surface area contributed by atoms with E-state index in [0.29, 0.717) is 12.0 Å². The van der Waals surface area contributed by atoms with E-state index in [2.05, 4.69) is 17.6 Å². The summed E-state index contributed by atoms with van der Waals surface area (Å²) < 4.78 is 0. The van der Waals surface area contributed by atoms with Crippen LogP contribution in [0.25, 0.3) is 0 Å². The molecule has 0 aromatic rings. The molecule has 3 nitrogen and oxygen atoms in total. The zero-order valence-corrected chi connectivity index (χ0v) is 7.24. The van der Waals surface area contributed by atoms with Crippen molar-refractivity contribution in [2.75, 3.05) is 20.1 Å². The lowest BCUT2D eigenvalue weighted by Crippen LogP contribution is -2.34. The molecule has 0 aliphatic heterocycles. The smallest absolute Gasteiger partial charge is 0.233 e. The van der Waals surface area contributed by atoms with Gasteiger partial charge in [-0.25, -0.2) is 0 Å². The average molecular weight is 156 g/mol. The molecule has 0 aromatic heterocycles. The van der Waals surface area contributed by atoms with Gasteiger partial charge in [0.1, 0.15) is 0 Å². The van der Waals surface area contributed by atoms with Crippen LogP contribution < -0.4 is 10.6 Å². The van der Waals surface area contributed by atoms with Crippen molar-refractivity contribution in [2.24, 2.45) is 5.41 Å². The van der Waals surface area contributed by atoms with Gasteiger partial charge in [-0.05, 0) is 18.3 Å². The molecule has 1 saturated carbocycles. The lowest BCUT2D eigenvalue weighted by Gasteiger charge is -2.08. The normalized spacial score (nSPS) is 19.5. The SMILES string of the molecule is CNC(=O)CNCC1(C)CC1. The number of hydrogen-bond acceptors (Lipinski definition) is 2. The average Bonchev–Trinajstić information content (AvgIpc) is 2.68. The monoisotopic (exact) mass is 156 g/mol. The van der Waals surface area contributed by atoms with Gasteiger partial charge >= 0.3 is 0 Å². The van der Waals surface area contributed by atoms with Gasteiger partial charge in [-0.2, -0.15) is 0 Å². The van der Waals surface area contributed by atoms with Crippen LogP contribution in [-0.4, -0.2) is 26.0 Å². The van der Waals surface area contributed by atoms with Gasteiger partial charge in [0.05, 0.1) is 6.54 Å². The lowest BCUT2D eigenvalue weighted by atomic mass is 10.1. The second-order valence-electron chi connectivity index (χ2n) is 3.59. The van der Waals surface area contributed by atoms with E-state index in [-0.39, 0.29) is 5.91 Å². The minimum atomic E-state index is 0.0641. The first kappa shape index (κ1) is 8.53. The second-order valence-corrected chi connectivity index (χ2v) is 3.59. The second kappa shape index (κ2) is 3.22. The summed E-state index contributed by atoms with van der Waals surface area (Å²) in [6.07, 6.45) is 2.60. The van der Waals surface area contributed by atoms with Gasteiger partial charge in [-0.3, -0.25) is 4.79 Å². The van der Waals surface area contributed by atoms with Crippen LogP contribution in [0.15, 0.2) is 0 Å². The third-order valence-electron chi connectivity index (χ3n) is 2.22. The first-order valence-electron chi connectivity index (χ1n) is 4.08. The summed E-state index contributed by atoms with van der Waals surface area (Å²) in [6.45, 7) is 3.66. The van der Waals surface area contributed by atoms with E-state index >= 15 is 0 Å². The molecule has 1 rings (SSSR count). The Bertz CT molecular complexity index is 152. The summed E-state index contributed by atoms with van der Waals surface area (Å²) in [5.41, 5.74) is 0.494. The van der Waals surface area contributed by atoms with E-state index in [1.54, 1.807) is 7.05 Å². The van der Waals surface area contributed by atoms with Crippen LogP contribution in [0.3, 0.4) is 0 Å². The van der Waals surface area contributed by atoms with Crippen LogP contribution in [0.5, 0.6) is 0 Å². The predicted octanol–water partition coefficient (Wildman–Crippen LogP) is 0.122. The molecule has 0 bridgehead atoms. The van der Waals surface area contributed by atoms with Crippen molar-refractivity contribution in [3.8, 4) is 0 Å². The van der Waals surface area contributed by atoms with Crippen LogP contribution in [0.1, 0.15) is 19.8 Å². The fourth-order valence-corrected chi connectivity index (χ4v) is 0.956. The third-order valence-corrected chi connectivity index (χ3v) is 2.22. The Morgan fingerprint density at radius 3 is 2.64 bits per heavy atom. The Morgan fingerprint density at radius 2 is 2.18 bits per heavy atom. The molecule has 0 aromatic carbocycles. The molecule has 0 atom stereocenters. The number of carbonyl (C=O) groups is 1. The van der Waals surface area contributed by atoms with Crippen molar-refractivity contribution >= 4 is 5.91 Å². The summed E-state index contributed by atoms with van der Waals surface area (Å²) >= 11 is 0. The van der Waals surface area contributed by atoms with Crippen molar-refractivity contribution < 1.29 is 4.79 Å². The van der Waals surface area contributed by atoms with Crippen LogP contribution in [0.4, 0.5) is 0 Å². The van der Waals surface area contributed by atoms with Crippen molar-refractivity contribution in [3.63, 3.8) is 0 Å². The van der Waals surface area contributed by atoms with Crippen molar-refractivity contribution in [2.45, 2.75) is 19.8 Å². The molecule has 1 amide bonds. The molecule has 0 radical (unpaired) electrons. The number of hydrogen-bond donors (Lipinski definition) is 2. The summed E-state index contributed by atoms with van der Waals surface area (Å²) in [6, 6.07) is 0. The molecule has 1 aliphatic rings. The maximum Gasteiger partial charge on any atom is 0.233 e. The minimum Gasteiger partial charge on any atom is -0.358 e. The van der Waals surface area contributed by atoms with Gasteiger partial charge in [-0.15, -0.1) is 0 Å². The number of carbonyl (C=O) groups excluding carboxylic acids is 1. The van der Waals surface area contributed by atoms with Crippen molar-refractivity contribution in [1.29, 1.82) is 0 Å². The largest absolute Gasteiger partial charge is 0.358 e. The molecular formula is C8H16N2O. The maximum atomic E-state index is 10.7. The first-order valence-corrected chi connectivity index (χ1v) is 4.08. The predicted molar refractivity (Wildman–Crippen MR) is 44.3 cm³/mol. The number of nitrogens with one attached hydrogen (secondary N) is 2. The molecular weight excluding hydrogens is 140 g/mol. The Balaban J connectivity index is 2.00. The minimum absolute atomic E-state index is 0.0641. The maximum absolute atomic E-state index is 10.7. The topological polar surface area (TPSA) is 41.1 Å². The highest BCUT2D eigenvalue weighted by molar-refractivity contribution is 5.77. The molecule has 1 aliphatic carbocycles. The summed E-state index contributed by atoms with van der Waals surface area (Å²) in [7, 11) is 1.66. The van der Waals surface area contributed by atoms with Gasteiger partial charge < -0.3 is 10.6 Å². The molecule has 3 heteroatoms. The third kappa shape index (κ3) is 2.89. The number of amides is 1. The van der Waals surface area contributed by atoms with Gasteiger partial charge in [0, 0.05) is 13.6 Å². The van der Waals surface area contributed by atoms with Gasteiger partial charge in [0.2, 0.25) is 5.91 Å². The zero-order chi connectivity index (χ0) is 8.32. The Morgan fingerprint density at radius 1 is 1.55 bits per heavy atom. The van der Waals surface area contributed by atoms with Gasteiger partial charge in [-0.1, -0.05) is 6.92 Å². The highest BCUT2D eigenvalue weighted by Crippen LogP contribution is 2.43. The molecule has 0 heterocycles. The van der Waals surface area contributed by atoms with E-state index < -0.39 is 0 Å². The number of likely N-dealkylation sites (N-methyl/N-ethyl adjacent to an activating group) is 1. The highest BCUT2D eigenvalue weighted by atomic mass is 16.1. The lowest BCUT2D eigenvalue weighted by molar-refractivity contribution is -0.119. The van der Waals surface area contributed by atoms with Crippen LogP contribution >= 0.6 is 0 Å². The Kier molecular flexibility index (Phi) is 2.49. The first-order chi connectivity index (χ1) is 5.16. The molecule has 0 spiro atoms. The summed E-state index contributed by atoms with van der Waals surface area (Å²) in [4.78, 5) is 10.7. The van der Waals surface area contributed by atoms with Crippen molar-refractivity contribution in [3.05, 3.63) is 0 Å². The standard InChI is InChI=1S/C8H16N2O/c1-8(3-4-8)6-10-5-7(11)9-2/h10H,3-6H2,1-2H3,(H,9,11). The fraction of sp³-hybridized carbons (Fsp3) is 0.875. The van der Waals surface area contributed by atoms with Crippen LogP contribution in [0, 0.1) is 5.41 Å². The van der Waals surface area contributed by atoms with Crippen LogP contribution in [-0.2, 0) is 4.79 Å². The fourth-order valence-electron chi connectivity index (χ4n) is 0.956. The van der Waals surface area contributed by atoms with Gasteiger partial charge in [0.25, 0.3) is 0 Å². The van der Waals surface area contributed by atoms with Gasteiger partial charge in [0.15, 0.2) is 0 Å². The van der Waals surface area contributed by atoms with Crippen molar-refractivity contribution in [1.82, 2.24) is 10.6 Å². The zero-order valence-electron chi connectivity index (χ0n) is 7.24. The Labute approximate surface area is 67.5 Å². The summed E-state index contributed by atoms with van der Waals surface area (Å²) in [5.74, 6) is 0.0641. The van der Waals surface area contributed by atoms with E-state index in [1.807, 2.05) is 0 Å². The van der Waals surface area contributed by atoms with E-state index in [1.165, 1.54) is 12.8 Å². The molecule has 0 saturated heterocycles. The number of rotatable bonds is 4. The molecule has 64 valence electrons. The van der Waals surface area contributed by atoms with E-state index in [4.69, 9.17) is 0 Å².